The lowest BCUT2D eigenvalue weighted by atomic mass is 9.96. The number of guanidine groups is 1. The Morgan fingerprint density at radius 2 is 2.04 bits per heavy atom. The summed E-state index contributed by atoms with van der Waals surface area (Å²) in [5.74, 6) is 0.439. The molecule has 1 saturated carbocycles. The largest absolute Gasteiger partial charge is 0.370 e. The molecule has 0 radical (unpaired) electrons. The van der Waals surface area contributed by atoms with Gasteiger partial charge in [0.15, 0.2) is 5.96 Å². The van der Waals surface area contributed by atoms with Crippen molar-refractivity contribution in [3.8, 4) is 0 Å². The van der Waals surface area contributed by atoms with E-state index in [1.165, 1.54) is 32.1 Å². The van der Waals surface area contributed by atoms with Crippen molar-refractivity contribution < 1.29 is 4.79 Å². The summed E-state index contributed by atoms with van der Waals surface area (Å²) in [6, 6.07) is 8.00. The first kappa shape index (κ1) is 19.2. The van der Waals surface area contributed by atoms with Gasteiger partial charge in [0.2, 0.25) is 0 Å². The average Bonchev–Trinajstić information content (AvgIpc) is 2.61. The van der Waals surface area contributed by atoms with E-state index in [9.17, 15) is 4.79 Å². The zero-order valence-electron chi connectivity index (χ0n) is 15.4. The number of likely N-dealkylation sites (N-methyl/N-ethyl adjacent to an activating group) is 1. The number of nitrogens with two attached hydrogens (primary N) is 1. The van der Waals surface area contributed by atoms with Gasteiger partial charge < -0.3 is 21.3 Å². The predicted molar refractivity (Wildman–Crippen MR) is 103 cm³/mol. The number of amides is 1. The second kappa shape index (κ2) is 10.0. The van der Waals surface area contributed by atoms with Crippen LogP contribution in [0.3, 0.4) is 0 Å². The van der Waals surface area contributed by atoms with E-state index in [4.69, 9.17) is 5.73 Å². The third kappa shape index (κ3) is 7.13. The van der Waals surface area contributed by atoms with Gasteiger partial charge in [0.05, 0.1) is 6.54 Å². The summed E-state index contributed by atoms with van der Waals surface area (Å²) in [4.78, 5) is 18.6. The maximum Gasteiger partial charge on any atom is 0.251 e. The van der Waals surface area contributed by atoms with Crippen molar-refractivity contribution in [2.75, 3.05) is 27.2 Å². The van der Waals surface area contributed by atoms with Crippen LogP contribution in [0.4, 0.5) is 0 Å². The number of hydrogen-bond acceptors (Lipinski definition) is 3. The molecule has 0 aliphatic heterocycles. The maximum absolute atomic E-state index is 12.2. The van der Waals surface area contributed by atoms with Crippen LogP contribution in [0.2, 0.25) is 0 Å². The highest BCUT2D eigenvalue weighted by molar-refractivity contribution is 5.94. The summed E-state index contributed by atoms with van der Waals surface area (Å²) >= 11 is 0. The SMILES string of the molecule is CN(C)CCNC(=O)c1cccc(CN=C(N)NC2CCCCC2)c1. The molecule has 1 fully saturated rings. The summed E-state index contributed by atoms with van der Waals surface area (Å²) in [6.45, 7) is 1.93. The molecule has 0 saturated heterocycles. The molecular formula is C19H31N5O. The summed E-state index contributed by atoms with van der Waals surface area (Å²) in [7, 11) is 3.97. The van der Waals surface area contributed by atoms with Gasteiger partial charge in [-0.25, -0.2) is 4.99 Å². The molecule has 6 nitrogen and oxygen atoms in total. The predicted octanol–water partition coefficient (Wildman–Crippen LogP) is 1.72. The zero-order valence-corrected chi connectivity index (χ0v) is 15.4. The number of nitrogens with one attached hydrogen (secondary N) is 2. The lowest BCUT2D eigenvalue weighted by Crippen LogP contribution is -2.41. The molecule has 0 heterocycles. The molecule has 0 aromatic heterocycles. The van der Waals surface area contributed by atoms with E-state index < -0.39 is 0 Å². The molecule has 1 amide bonds. The number of rotatable bonds is 7. The number of aliphatic imine (C=N–C) groups is 1. The van der Waals surface area contributed by atoms with Crippen LogP contribution in [0.1, 0.15) is 48.0 Å². The van der Waals surface area contributed by atoms with Crippen molar-refractivity contribution in [1.82, 2.24) is 15.5 Å². The van der Waals surface area contributed by atoms with Gasteiger partial charge in [-0.2, -0.15) is 0 Å². The molecule has 0 atom stereocenters. The standard InChI is InChI=1S/C19H31N5O/c1-24(2)12-11-21-18(25)16-8-6-7-15(13-16)14-22-19(20)23-17-9-4-3-5-10-17/h6-8,13,17H,3-5,9-12,14H2,1-2H3,(H,21,25)(H3,20,22,23). The van der Waals surface area contributed by atoms with Crippen LogP contribution in [0, 0.1) is 0 Å². The van der Waals surface area contributed by atoms with Gasteiger partial charge in [0.25, 0.3) is 5.91 Å². The molecule has 6 heteroatoms. The maximum atomic E-state index is 12.2. The van der Waals surface area contributed by atoms with Crippen LogP contribution >= 0.6 is 0 Å². The normalized spacial score (nSPS) is 16.0. The number of benzene rings is 1. The van der Waals surface area contributed by atoms with E-state index in [0.717, 1.165) is 12.1 Å². The van der Waals surface area contributed by atoms with E-state index in [2.05, 4.69) is 15.6 Å². The number of nitrogens with zero attached hydrogens (tertiary/aromatic N) is 2. The van der Waals surface area contributed by atoms with E-state index in [0.29, 0.717) is 30.7 Å². The second-order valence-corrected chi connectivity index (χ2v) is 6.94. The van der Waals surface area contributed by atoms with Crippen molar-refractivity contribution in [2.24, 2.45) is 10.7 Å². The van der Waals surface area contributed by atoms with Crippen molar-refractivity contribution in [2.45, 2.75) is 44.7 Å². The van der Waals surface area contributed by atoms with Gasteiger partial charge in [-0.15, -0.1) is 0 Å². The van der Waals surface area contributed by atoms with Gasteiger partial charge in [-0.05, 0) is 44.6 Å². The van der Waals surface area contributed by atoms with E-state index in [1.54, 1.807) is 0 Å². The molecule has 1 aliphatic carbocycles. The third-order valence-corrected chi connectivity index (χ3v) is 4.42. The van der Waals surface area contributed by atoms with Crippen molar-refractivity contribution >= 4 is 11.9 Å². The van der Waals surface area contributed by atoms with Crippen molar-refractivity contribution in [1.29, 1.82) is 0 Å². The Labute approximate surface area is 150 Å². The highest BCUT2D eigenvalue weighted by Gasteiger charge is 2.13. The number of carbonyl (C=O) groups is 1. The van der Waals surface area contributed by atoms with E-state index in [-0.39, 0.29) is 5.91 Å². The molecular weight excluding hydrogens is 314 g/mol. The molecule has 25 heavy (non-hydrogen) atoms. The summed E-state index contributed by atoms with van der Waals surface area (Å²) in [6.07, 6.45) is 6.17. The smallest absolute Gasteiger partial charge is 0.251 e. The lowest BCUT2D eigenvalue weighted by Gasteiger charge is -2.23. The molecule has 1 aromatic carbocycles. The third-order valence-electron chi connectivity index (χ3n) is 4.42. The molecule has 2 rings (SSSR count). The first-order valence-electron chi connectivity index (χ1n) is 9.13. The first-order chi connectivity index (χ1) is 12.0. The molecule has 1 aromatic rings. The average molecular weight is 345 g/mol. The molecule has 1 aliphatic rings. The Hall–Kier alpha value is -2.08. The van der Waals surface area contributed by atoms with Crippen LogP contribution in [0.25, 0.3) is 0 Å². The van der Waals surface area contributed by atoms with E-state index >= 15 is 0 Å². The van der Waals surface area contributed by atoms with E-state index in [1.807, 2.05) is 43.3 Å². The zero-order chi connectivity index (χ0) is 18.1. The lowest BCUT2D eigenvalue weighted by molar-refractivity contribution is 0.0951. The molecule has 138 valence electrons. The van der Waals surface area contributed by atoms with Gasteiger partial charge in [0, 0.05) is 24.7 Å². The fourth-order valence-electron chi connectivity index (χ4n) is 2.98. The van der Waals surface area contributed by atoms with Gasteiger partial charge in [-0.1, -0.05) is 31.4 Å². The minimum absolute atomic E-state index is 0.0546. The van der Waals surface area contributed by atoms with Gasteiger partial charge in [0.1, 0.15) is 0 Å². The second-order valence-electron chi connectivity index (χ2n) is 6.94. The topological polar surface area (TPSA) is 82.8 Å². The molecule has 0 bridgehead atoms. The Morgan fingerprint density at radius 3 is 2.76 bits per heavy atom. The summed E-state index contributed by atoms with van der Waals surface area (Å²) in [5, 5.41) is 6.23. The molecule has 0 unspecified atom stereocenters. The minimum Gasteiger partial charge on any atom is -0.370 e. The minimum atomic E-state index is -0.0546. The quantitative estimate of drug-likeness (QED) is 0.519. The number of hydrogen-bond donors (Lipinski definition) is 3. The highest BCUT2D eigenvalue weighted by atomic mass is 16.1. The van der Waals surface area contributed by atoms with Crippen LogP contribution in [-0.2, 0) is 6.54 Å². The highest BCUT2D eigenvalue weighted by Crippen LogP contribution is 2.17. The van der Waals surface area contributed by atoms with Crippen molar-refractivity contribution in [3.05, 3.63) is 35.4 Å². The van der Waals surface area contributed by atoms with Crippen LogP contribution < -0.4 is 16.4 Å². The fraction of sp³-hybridized carbons (Fsp3) is 0.579. The Kier molecular flexibility index (Phi) is 7.73. The van der Waals surface area contributed by atoms with Crippen LogP contribution in [0.15, 0.2) is 29.3 Å². The molecule has 4 N–H and O–H groups in total. The van der Waals surface area contributed by atoms with Gasteiger partial charge in [-0.3, -0.25) is 4.79 Å². The number of carbonyl (C=O) groups excluding carboxylic acids is 1. The Morgan fingerprint density at radius 1 is 1.28 bits per heavy atom. The molecule has 0 spiro atoms. The van der Waals surface area contributed by atoms with Crippen LogP contribution in [0.5, 0.6) is 0 Å². The first-order valence-corrected chi connectivity index (χ1v) is 9.13. The van der Waals surface area contributed by atoms with Gasteiger partial charge >= 0.3 is 0 Å². The fourth-order valence-corrected chi connectivity index (χ4v) is 2.98. The Balaban J connectivity index is 1.85. The van der Waals surface area contributed by atoms with Crippen molar-refractivity contribution in [3.63, 3.8) is 0 Å². The monoisotopic (exact) mass is 345 g/mol. The summed E-state index contributed by atoms with van der Waals surface area (Å²) in [5.41, 5.74) is 7.64. The Bertz CT molecular complexity index is 579. The summed E-state index contributed by atoms with van der Waals surface area (Å²) < 4.78 is 0. The van der Waals surface area contributed by atoms with Crippen LogP contribution in [-0.4, -0.2) is 50.0 Å².